The minimum Gasteiger partial charge on any atom is -0.309 e. The molecule has 4 nitrogen and oxygen atoms in total. The first kappa shape index (κ1) is 10.2. The summed E-state index contributed by atoms with van der Waals surface area (Å²) in [6.07, 6.45) is 1.93. The number of rotatable bonds is 2. The van der Waals surface area contributed by atoms with Crippen LogP contribution in [0.25, 0.3) is 0 Å². The van der Waals surface area contributed by atoms with Crippen LogP contribution in [0, 0.1) is 5.92 Å². The van der Waals surface area contributed by atoms with Crippen LogP contribution in [0.4, 0.5) is 5.82 Å². The van der Waals surface area contributed by atoms with Gasteiger partial charge in [-0.1, -0.05) is 6.07 Å². The minimum absolute atomic E-state index is 0.0480. The summed E-state index contributed by atoms with van der Waals surface area (Å²) in [5.74, 6) is 1.35. The van der Waals surface area contributed by atoms with E-state index < -0.39 is 0 Å². The molecule has 2 bridgehead atoms. The van der Waals surface area contributed by atoms with E-state index in [9.17, 15) is 4.79 Å². The fourth-order valence-electron chi connectivity index (χ4n) is 2.53. The predicted octanol–water partition coefficient (Wildman–Crippen LogP) is 1.53. The summed E-state index contributed by atoms with van der Waals surface area (Å²) in [5, 5.41) is 6.15. The lowest BCUT2D eigenvalue weighted by molar-refractivity contribution is -0.124. The smallest absolute Gasteiger partial charge is 0.245 e. The summed E-state index contributed by atoms with van der Waals surface area (Å²) >= 11 is 3.28. The van der Waals surface area contributed by atoms with Crippen molar-refractivity contribution >= 4 is 27.7 Å². The van der Waals surface area contributed by atoms with Crippen molar-refractivity contribution in [3.05, 3.63) is 22.8 Å². The van der Waals surface area contributed by atoms with E-state index in [0.29, 0.717) is 11.7 Å². The Balaban J connectivity index is 1.73. The van der Waals surface area contributed by atoms with Gasteiger partial charge in [0.2, 0.25) is 5.91 Å². The van der Waals surface area contributed by atoms with Gasteiger partial charge in [-0.05, 0) is 53.4 Å². The third-order valence-corrected chi connectivity index (χ3v) is 3.84. The molecule has 2 aliphatic heterocycles. The van der Waals surface area contributed by atoms with Gasteiger partial charge in [0.1, 0.15) is 10.4 Å². The number of nitrogens with one attached hydrogen (secondary N) is 2. The van der Waals surface area contributed by atoms with Crippen LogP contribution in [0.15, 0.2) is 22.8 Å². The van der Waals surface area contributed by atoms with Crippen LogP contribution in [0.2, 0.25) is 0 Å². The number of nitrogens with zero attached hydrogens (tertiary/aromatic N) is 1. The van der Waals surface area contributed by atoms with Crippen molar-refractivity contribution in [2.75, 3.05) is 11.9 Å². The quantitative estimate of drug-likeness (QED) is 0.809. The Kier molecular flexibility index (Phi) is 2.26. The lowest BCUT2D eigenvalue weighted by Gasteiger charge is -2.35. The molecule has 1 saturated carbocycles. The molecule has 0 radical (unpaired) electrons. The number of aromatic nitrogens is 1. The number of hydrogen-bond acceptors (Lipinski definition) is 3. The number of carbonyl (C=O) groups excluding carboxylic acids is 1. The van der Waals surface area contributed by atoms with Gasteiger partial charge in [-0.3, -0.25) is 4.79 Å². The first-order chi connectivity index (χ1) is 7.68. The zero-order valence-electron chi connectivity index (χ0n) is 8.66. The van der Waals surface area contributed by atoms with E-state index >= 15 is 0 Å². The molecule has 0 aromatic carbocycles. The van der Waals surface area contributed by atoms with Crippen molar-refractivity contribution in [2.24, 2.45) is 5.92 Å². The Hall–Kier alpha value is -0.940. The molecule has 1 aromatic rings. The second-order valence-electron chi connectivity index (χ2n) is 4.54. The summed E-state index contributed by atoms with van der Waals surface area (Å²) in [6, 6.07) is 5.49. The van der Waals surface area contributed by atoms with Crippen LogP contribution in [-0.4, -0.2) is 23.0 Å². The molecular weight excluding hydrogens is 270 g/mol. The fourth-order valence-corrected chi connectivity index (χ4v) is 2.88. The molecule has 0 spiro atoms. The third-order valence-electron chi connectivity index (χ3n) is 3.39. The number of anilines is 1. The SMILES string of the molecule is O=C(Nc1cccc(Br)n1)C12CC(CN1)C2. The Labute approximate surface area is 102 Å². The van der Waals surface area contributed by atoms with Crippen LogP contribution < -0.4 is 10.6 Å². The maximum absolute atomic E-state index is 12.1. The van der Waals surface area contributed by atoms with Gasteiger partial charge < -0.3 is 10.6 Å². The highest BCUT2D eigenvalue weighted by Crippen LogP contribution is 2.44. The van der Waals surface area contributed by atoms with Crippen LogP contribution in [0.3, 0.4) is 0 Å². The van der Waals surface area contributed by atoms with Crippen molar-refractivity contribution in [3.63, 3.8) is 0 Å². The van der Waals surface area contributed by atoms with Gasteiger partial charge in [-0.15, -0.1) is 0 Å². The number of carbonyl (C=O) groups is 1. The van der Waals surface area contributed by atoms with E-state index in [4.69, 9.17) is 0 Å². The second kappa shape index (κ2) is 3.53. The van der Waals surface area contributed by atoms with Gasteiger partial charge in [-0.2, -0.15) is 0 Å². The highest BCUT2D eigenvalue weighted by molar-refractivity contribution is 9.10. The van der Waals surface area contributed by atoms with Gasteiger partial charge in [0.15, 0.2) is 0 Å². The summed E-state index contributed by atoms with van der Waals surface area (Å²) in [6.45, 7) is 0.972. The van der Waals surface area contributed by atoms with Crippen molar-refractivity contribution in [1.82, 2.24) is 10.3 Å². The summed E-state index contributed by atoms with van der Waals surface area (Å²) in [7, 11) is 0. The van der Waals surface area contributed by atoms with Gasteiger partial charge >= 0.3 is 0 Å². The topological polar surface area (TPSA) is 54.0 Å². The molecule has 1 amide bonds. The number of fused-ring (bicyclic) bond motifs is 1. The molecular formula is C11H12BrN3O. The number of pyridine rings is 1. The second-order valence-corrected chi connectivity index (χ2v) is 5.35. The first-order valence-corrected chi connectivity index (χ1v) is 6.16. The molecule has 4 rings (SSSR count). The Morgan fingerprint density at radius 2 is 2.38 bits per heavy atom. The minimum atomic E-state index is -0.311. The molecule has 1 aliphatic carbocycles. The lowest BCUT2D eigenvalue weighted by Crippen LogP contribution is -2.53. The average Bonchev–Trinajstić information content (AvgIpc) is 2.75. The lowest BCUT2D eigenvalue weighted by atomic mass is 9.73. The molecule has 3 fully saturated rings. The molecule has 16 heavy (non-hydrogen) atoms. The zero-order chi connectivity index (χ0) is 11.2. The van der Waals surface area contributed by atoms with Crippen molar-refractivity contribution in [3.8, 4) is 0 Å². The van der Waals surface area contributed by atoms with E-state index in [1.807, 2.05) is 12.1 Å². The molecule has 2 N–H and O–H groups in total. The van der Waals surface area contributed by atoms with E-state index in [2.05, 4.69) is 31.5 Å². The number of amides is 1. The van der Waals surface area contributed by atoms with Gasteiger partial charge in [-0.25, -0.2) is 4.98 Å². The zero-order valence-corrected chi connectivity index (χ0v) is 10.3. The summed E-state index contributed by atoms with van der Waals surface area (Å²) in [5.41, 5.74) is -0.311. The van der Waals surface area contributed by atoms with Crippen LogP contribution in [-0.2, 0) is 4.79 Å². The maximum Gasteiger partial charge on any atom is 0.245 e. The van der Waals surface area contributed by atoms with E-state index in [-0.39, 0.29) is 11.4 Å². The van der Waals surface area contributed by atoms with Gasteiger partial charge in [0, 0.05) is 0 Å². The number of hydrogen-bond donors (Lipinski definition) is 2. The maximum atomic E-state index is 12.1. The molecule has 2 saturated heterocycles. The fraction of sp³-hybridized carbons (Fsp3) is 0.455. The van der Waals surface area contributed by atoms with Crippen LogP contribution in [0.5, 0.6) is 0 Å². The molecule has 3 heterocycles. The van der Waals surface area contributed by atoms with Crippen molar-refractivity contribution in [2.45, 2.75) is 18.4 Å². The molecule has 84 valence electrons. The van der Waals surface area contributed by atoms with Crippen molar-refractivity contribution in [1.29, 1.82) is 0 Å². The third kappa shape index (κ3) is 1.55. The van der Waals surface area contributed by atoms with Gasteiger partial charge in [0.25, 0.3) is 0 Å². The first-order valence-electron chi connectivity index (χ1n) is 5.37. The molecule has 5 heteroatoms. The normalized spacial score (nSPS) is 30.9. The molecule has 3 aliphatic rings. The largest absolute Gasteiger partial charge is 0.309 e. The predicted molar refractivity (Wildman–Crippen MR) is 64.0 cm³/mol. The Morgan fingerprint density at radius 1 is 1.56 bits per heavy atom. The number of halogens is 1. The molecule has 1 aromatic heterocycles. The van der Waals surface area contributed by atoms with E-state index in [0.717, 1.165) is 24.0 Å². The average molecular weight is 282 g/mol. The van der Waals surface area contributed by atoms with E-state index in [1.165, 1.54) is 0 Å². The highest BCUT2D eigenvalue weighted by atomic mass is 79.9. The molecule has 0 atom stereocenters. The van der Waals surface area contributed by atoms with Crippen molar-refractivity contribution < 1.29 is 4.79 Å². The Bertz CT molecular complexity index is 437. The van der Waals surface area contributed by atoms with Crippen LogP contribution in [0.1, 0.15) is 12.8 Å². The summed E-state index contributed by atoms with van der Waals surface area (Å²) in [4.78, 5) is 16.2. The highest BCUT2D eigenvalue weighted by Gasteiger charge is 2.55. The van der Waals surface area contributed by atoms with Gasteiger partial charge in [0.05, 0.1) is 5.54 Å². The van der Waals surface area contributed by atoms with E-state index in [1.54, 1.807) is 6.07 Å². The standard InChI is InChI=1S/C11H12BrN3O/c12-8-2-1-3-9(14-8)15-10(16)11-4-7(5-11)6-13-11/h1-3,7,13H,4-6H2,(H,14,15,16). The Morgan fingerprint density at radius 3 is 3.00 bits per heavy atom. The molecule has 0 unspecified atom stereocenters. The van der Waals surface area contributed by atoms with Crippen LogP contribution >= 0.6 is 15.9 Å². The monoisotopic (exact) mass is 281 g/mol. The summed E-state index contributed by atoms with van der Waals surface area (Å²) < 4.78 is 0.730.